The van der Waals surface area contributed by atoms with Crippen LogP contribution in [0.1, 0.15) is 29.9 Å². The monoisotopic (exact) mass is 400 g/mol. The summed E-state index contributed by atoms with van der Waals surface area (Å²) in [4.78, 5) is 0. The van der Waals surface area contributed by atoms with Crippen molar-refractivity contribution in [3.63, 3.8) is 0 Å². The molecule has 3 aromatic carbocycles. The zero-order valence-corrected chi connectivity index (χ0v) is 15.4. The largest absolute Gasteiger partial charge is 0.348 e. The van der Waals surface area contributed by atoms with E-state index < -0.39 is 29.6 Å². The van der Waals surface area contributed by atoms with E-state index in [9.17, 15) is 17.6 Å². The Bertz CT molecular complexity index is 1120. The van der Waals surface area contributed by atoms with Crippen LogP contribution < -0.4 is 0 Å². The minimum absolute atomic E-state index is 0.220. The molecule has 3 aromatic rings. The molecule has 0 radical (unpaired) electrons. The van der Waals surface area contributed by atoms with E-state index in [4.69, 9.17) is 9.47 Å². The molecule has 1 saturated heterocycles. The summed E-state index contributed by atoms with van der Waals surface area (Å²) in [6.45, 7) is 2.84. The molecule has 0 aromatic heterocycles. The van der Waals surface area contributed by atoms with Crippen LogP contribution in [-0.4, -0.2) is 13.2 Å². The van der Waals surface area contributed by atoms with Crippen LogP contribution in [0.2, 0.25) is 0 Å². The summed E-state index contributed by atoms with van der Waals surface area (Å²) in [6.07, 6.45) is -0.812. The summed E-state index contributed by atoms with van der Waals surface area (Å²) in [5, 5.41) is 0.936. The fourth-order valence-corrected chi connectivity index (χ4v) is 3.09. The Morgan fingerprint density at radius 3 is 2.03 bits per heavy atom. The van der Waals surface area contributed by atoms with Gasteiger partial charge in [-0.1, -0.05) is 24.8 Å². The molecule has 0 bridgehead atoms. The van der Waals surface area contributed by atoms with Gasteiger partial charge in [-0.25, -0.2) is 17.6 Å². The van der Waals surface area contributed by atoms with Crippen LogP contribution in [0, 0.1) is 41.0 Å². The zero-order chi connectivity index (χ0) is 20.5. The Morgan fingerprint density at radius 2 is 1.38 bits per heavy atom. The van der Waals surface area contributed by atoms with Crippen molar-refractivity contribution >= 4 is 10.8 Å². The minimum atomic E-state index is -0.975. The number of rotatable bonds is 1. The van der Waals surface area contributed by atoms with Gasteiger partial charge in [0.05, 0.1) is 18.8 Å². The van der Waals surface area contributed by atoms with Gasteiger partial charge in [-0.2, -0.15) is 0 Å². The maximum absolute atomic E-state index is 14.5. The maximum Gasteiger partial charge on any atom is 0.184 e. The normalized spacial score (nSPS) is 19.1. The lowest BCUT2D eigenvalue weighted by molar-refractivity contribution is -0.202. The highest BCUT2D eigenvalue weighted by Crippen LogP contribution is 2.27. The molecule has 1 fully saturated rings. The molecule has 1 aliphatic rings. The summed E-state index contributed by atoms with van der Waals surface area (Å²) < 4.78 is 66.5. The summed E-state index contributed by atoms with van der Waals surface area (Å²) in [6, 6.07) is 9.09. The van der Waals surface area contributed by atoms with Crippen molar-refractivity contribution in [2.75, 3.05) is 13.2 Å². The van der Waals surface area contributed by atoms with Gasteiger partial charge in [-0.15, -0.1) is 0 Å². The topological polar surface area (TPSA) is 18.5 Å². The Kier molecular flexibility index (Phi) is 5.27. The Hall–Kier alpha value is -2.88. The molecular weight excluding hydrogens is 384 g/mol. The Labute approximate surface area is 165 Å². The van der Waals surface area contributed by atoms with E-state index in [1.54, 1.807) is 12.1 Å². The predicted molar refractivity (Wildman–Crippen MR) is 100 cm³/mol. The van der Waals surface area contributed by atoms with Gasteiger partial charge in [0.15, 0.2) is 17.9 Å². The molecule has 0 N–H and O–H groups in total. The van der Waals surface area contributed by atoms with E-state index in [1.807, 2.05) is 6.92 Å². The quantitative estimate of drug-likeness (QED) is 0.398. The zero-order valence-electron chi connectivity index (χ0n) is 15.4. The van der Waals surface area contributed by atoms with Gasteiger partial charge in [-0.3, -0.25) is 0 Å². The molecule has 2 nitrogen and oxygen atoms in total. The molecule has 0 atom stereocenters. The maximum atomic E-state index is 14.5. The molecule has 4 rings (SSSR count). The van der Waals surface area contributed by atoms with Crippen LogP contribution in [0.4, 0.5) is 17.6 Å². The molecule has 1 heterocycles. The standard InChI is InChI=1S/C23H16F4O2/c1-13-11-28-23(29-12-13)17-9-19(24)18(20(25)10-17)5-3-14-2-4-15-7-21(26)22(27)8-16(15)6-14/h2,4,6-10,13,23H,11-12H2,1H3. The summed E-state index contributed by atoms with van der Waals surface area (Å²) >= 11 is 0. The SMILES string of the molecule is CC1COC(c2cc(F)c(C#Cc3ccc4cc(F)c(F)cc4c3)c(F)c2)OC1. The first-order valence-corrected chi connectivity index (χ1v) is 9.03. The van der Waals surface area contributed by atoms with Crippen LogP contribution in [0.25, 0.3) is 10.8 Å². The number of fused-ring (bicyclic) bond motifs is 1. The van der Waals surface area contributed by atoms with Crippen molar-refractivity contribution < 1.29 is 27.0 Å². The number of hydrogen-bond acceptors (Lipinski definition) is 2. The van der Waals surface area contributed by atoms with Crippen molar-refractivity contribution in [2.24, 2.45) is 5.92 Å². The molecule has 0 amide bonds. The summed E-state index contributed by atoms with van der Waals surface area (Å²) in [5.74, 6) is 1.79. The third kappa shape index (κ3) is 4.12. The first kappa shape index (κ1) is 19.4. The molecule has 6 heteroatoms. The lowest BCUT2D eigenvalue weighted by Gasteiger charge is -2.27. The van der Waals surface area contributed by atoms with E-state index in [-0.39, 0.29) is 17.0 Å². The fourth-order valence-electron chi connectivity index (χ4n) is 3.09. The van der Waals surface area contributed by atoms with E-state index in [0.29, 0.717) is 29.5 Å². The highest BCUT2D eigenvalue weighted by Gasteiger charge is 2.23. The summed E-state index contributed by atoms with van der Waals surface area (Å²) in [5.41, 5.74) is 0.281. The molecule has 1 aliphatic heterocycles. The minimum Gasteiger partial charge on any atom is -0.348 e. The van der Waals surface area contributed by atoms with Crippen LogP contribution >= 0.6 is 0 Å². The van der Waals surface area contributed by atoms with Gasteiger partial charge in [0.25, 0.3) is 0 Å². The highest BCUT2D eigenvalue weighted by atomic mass is 19.2. The van der Waals surface area contributed by atoms with Crippen LogP contribution in [0.5, 0.6) is 0 Å². The first-order chi connectivity index (χ1) is 13.9. The molecule has 0 unspecified atom stereocenters. The number of ether oxygens (including phenoxy) is 2. The van der Waals surface area contributed by atoms with Gasteiger partial charge in [0.2, 0.25) is 0 Å². The number of halogens is 4. The predicted octanol–water partition coefficient (Wildman–Crippen LogP) is 5.48. The average molecular weight is 400 g/mol. The number of benzene rings is 3. The third-order valence-electron chi connectivity index (χ3n) is 4.61. The average Bonchev–Trinajstić information content (AvgIpc) is 2.69. The second-order valence-corrected chi connectivity index (χ2v) is 7.04. The highest BCUT2D eigenvalue weighted by molar-refractivity contribution is 5.84. The van der Waals surface area contributed by atoms with Crippen LogP contribution in [-0.2, 0) is 9.47 Å². The fraction of sp³-hybridized carbons (Fsp3) is 0.217. The van der Waals surface area contributed by atoms with Gasteiger partial charge < -0.3 is 9.47 Å². The van der Waals surface area contributed by atoms with Gasteiger partial charge in [0, 0.05) is 17.0 Å². The lowest BCUT2D eigenvalue weighted by atomic mass is 10.1. The molecule has 0 saturated carbocycles. The second-order valence-electron chi connectivity index (χ2n) is 7.04. The van der Waals surface area contributed by atoms with Crippen molar-refractivity contribution in [1.82, 2.24) is 0 Å². The van der Waals surface area contributed by atoms with E-state index in [1.165, 1.54) is 6.07 Å². The van der Waals surface area contributed by atoms with Crippen molar-refractivity contribution in [2.45, 2.75) is 13.2 Å². The van der Waals surface area contributed by atoms with Crippen LogP contribution in [0.15, 0.2) is 42.5 Å². The number of hydrogen-bond donors (Lipinski definition) is 0. The van der Waals surface area contributed by atoms with Gasteiger partial charge >= 0.3 is 0 Å². The third-order valence-corrected chi connectivity index (χ3v) is 4.61. The van der Waals surface area contributed by atoms with Crippen molar-refractivity contribution in [3.05, 3.63) is 82.4 Å². The summed E-state index contributed by atoms with van der Waals surface area (Å²) in [7, 11) is 0. The van der Waals surface area contributed by atoms with Gasteiger partial charge in [-0.05, 0) is 47.2 Å². The molecular formula is C23H16F4O2. The van der Waals surface area contributed by atoms with Crippen LogP contribution in [0.3, 0.4) is 0 Å². The first-order valence-electron chi connectivity index (χ1n) is 9.03. The molecule has 148 valence electrons. The van der Waals surface area contributed by atoms with E-state index in [0.717, 1.165) is 24.3 Å². The second kappa shape index (κ2) is 7.86. The smallest absolute Gasteiger partial charge is 0.184 e. The Balaban J connectivity index is 1.62. The molecule has 0 aliphatic carbocycles. The molecule has 29 heavy (non-hydrogen) atoms. The molecule has 0 spiro atoms. The van der Waals surface area contributed by atoms with Crippen molar-refractivity contribution in [3.8, 4) is 11.8 Å². The van der Waals surface area contributed by atoms with E-state index in [2.05, 4.69) is 11.8 Å². The Morgan fingerprint density at radius 1 is 0.759 bits per heavy atom. The van der Waals surface area contributed by atoms with E-state index >= 15 is 0 Å². The van der Waals surface area contributed by atoms with Gasteiger partial charge in [0.1, 0.15) is 11.6 Å². The lowest BCUT2D eigenvalue weighted by Crippen LogP contribution is -2.25. The van der Waals surface area contributed by atoms with Crippen molar-refractivity contribution in [1.29, 1.82) is 0 Å².